The van der Waals surface area contributed by atoms with E-state index in [2.05, 4.69) is 4.90 Å². The fourth-order valence-electron chi connectivity index (χ4n) is 3.81. The molecule has 6 heteroatoms. The molecule has 1 aliphatic rings. The second-order valence-corrected chi connectivity index (χ2v) is 7.60. The molecule has 1 saturated heterocycles. The number of hydrogen-bond acceptors (Lipinski definition) is 4. The molecular weight excluding hydrogens is 412 g/mol. The number of morpholine rings is 1. The SMILES string of the molecule is Cc1ccc(CN(CCN2CCOCC2)C(=O)c2ccccc2-c2ccccc2)o1.Cl. The first-order valence-corrected chi connectivity index (χ1v) is 10.5. The van der Waals surface area contributed by atoms with Crippen LogP contribution in [0, 0.1) is 6.92 Å². The molecule has 0 unspecified atom stereocenters. The van der Waals surface area contributed by atoms with Gasteiger partial charge < -0.3 is 14.1 Å². The summed E-state index contributed by atoms with van der Waals surface area (Å²) in [6.07, 6.45) is 0. The minimum absolute atomic E-state index is 0. The largest absolute Gasteiger partial charge is 0.464 e. The predicted molar refractivity (Wildman–Crippen MR) is 125 cm³/mol. The van der Waals surface area contributed by atoms with Crippen LogP contribution in [0.1, 0.15) is 21.9 Å². The average Bonchev–Trinajstić information content (AvgIpc) is 3.22. The van der Waals surface area contributed by atoms with Crippen molar-refractivity contribution >= 4 is 18.3 Å². The highest BCUT2D eigenvalue weighted by Gasteiger charge is 2.22. The zero-order chi connectivity index (χ0) is 20.8. The third-order valence-corrected chi connectivity index (χ3v) is 5.46. The number of furan rings is 1. The van der Waals surface area contributed by atoms with Crippen molar-refractivity contribution in [1.29, 1.82) is 0 Å². The van der Waals surface area contributed by atoms with Crippen molar-refractivity contribution in [2.45, 2.75) is 13.5 Å². The van der Waals surface area contributed by atoms with Crippen molar-refractivity contribution < 1.29 is 13.9 Å². The normalized spacial score (nSPS) is 14.1. The van der Waals surface area contributed by atoms with Gasteiger partial charge in [-0.05, 0) is 36.2 Å². The molecule has 0 atom stereocenters. The molecule has 4 rings (SSSR count). The van der Waals surface area contributed by atoms with Gasteiger partial charge in [0.25, 0.3) is 5.91 Å². The number of halogens is 1. The molecule has 5 nitrogen and oxygen atoms in total. The van der Waals surface area contributed by atoms with Crippen molar-refractivity contribution in [3.8, 4) is 11.1 Å². The second-order valence-electron chi connectivity index (χ2n) is 7.60. The van der Waals surface area contributed by atoms with Gasteiger partial charge in [-0.1, -0.05) is 48.5 Å². The van der Waals surface area contributed by atoms with Crippen molar-refractivity contribution in [2.75, 3.05) is 39.4 Å². The van der Waals surface area contributed by atoms with E-state index in [0.29, 0.717) is 18.7 Å². The van der Waals surface area contributed by atoms with Crippen LogP contribution in [-0.4, -0.2) is 55.1 Å². The highest BCUT2D eigenvalue weighted by Crippen LogP contribution is 2.25. The van der Waals surface area contributed by atoms with Crippen LogP contribution in [0.3, 0.4) is 0 Å². The highest BCUT2D eigenvalue weighted by atomic mass is 35.5. The van der Waals surface area contributed by atoms with E-state index in [0.717, 1.165) is 55.5 Å². The molecule has 1 fully saturated rings. The Balaban J connectivity index is 0.00000272. The highest BCUT2D eigenvalue weighted by molar-refractivity contribution is 6.00. The number of rotatable bonds is 7. The molecule has 1 aromatic heterocycles. The fraction of sp³-hybridized carbons (Fsp3) is 0.320. The average molecular weight is 441 g/mol. The van der Waals surface area contributed by atoms with Gasteiger partial charge in [0, 0.05) is 31.7 Å². The van der Waals surface area contributed by atoms with E-state index in [4.69, 9.17) is 9.15 Å². The zero-order valence-corrected chi connectivity index (χ0v) is 18.6. The van der Waals surface area contributed by atoms with Gasteiger partial charge in [-0.3, -0.25) is 9.69 Å². The van der Waals surface area contributed by atoms with Crippen molar-refractivity contribution in [3.63, 3.8) is 0 Å². The summed E-state index contributed by atoms with van der Waals surface area (Å²) in [5.41, 5.74) is 2.72. The smallest absolute Gasteiger partial charge is 0.254 e. The van der Waals surface area contributed by atoms with Gasteiger partial charge in [0.15, 0.2) is 0 Å². The number of nitrogens with zero attached hydrogens (tertiary/aromatic N) is 2. The standard InChI is InChI=1S/C25H28N2O3.ClH/c1-20-11-12-22(30-20)19-27(14-13-26-15-17-29-18-16-26)25(28)24-10-6-5-9-23(24)21-7-3-2-4-8-21;/h2-12H,13-19H2,1H3;1H. The van der Waals surface area contributed by atoms with E-state index in [1.165, 1.54) is 0 Å². The summed E-state index contributed by atoms with van der Waals surface area (Å²) in [6, 6.07) is 21.8. The van der Waals surface area contributed by atoms with Crippen LogP contribution in [0.25, 0.3) is 11.1 Å². The van der Waals surface area contributed by atoms with Gasteiger partial charge in [0.05, 0.1) is 19.8 Å². The van der Waals surface area contributed by atoms with Gasteiger partial charge in [-0.15, -0.1) is 12.4 Å². The summed E-state index contributed by atoms with van der Waals surface area (Å²) in [5, 5.41) is 0. The van der Waals surface area contributed by atoms with E-state index in [9.17, 15) is 4.79 Å². The molecular formula is C25H29ClN2O3. The quantitative estimate of drug-likeness (QED) is 0.536. The number of amides is 1. The van der Waals surface area contributed by atoms with Crippen molar-refractivity contribution in [1.82, 2.24) is 9.80 Å². The summed E-state index contributed by atoms with van der Waals surface area (Å²) >= 11 is 0. The topological polar surface area (TPSA) is 45.9 Å². The number of hydrogen-bond donors (Lipinski definition) is 0. The molecule has 2 aromatic carbocycles. The maximum atomic E-state index is 13.7. The van der Waals surface area contributed by atoms with Gasteiger partial charge >= 0.3 is 0 Å². The second kappa shape index (κ2) is 11.1. The van der Waals surface area contributed by atoms with Crippen LogP contribution in [0.4, 0.5) is 0 Å². The van der Waals surface area contributed by atoms with Gasteiger partial charge in [0.1, 0.15) is 11.5 Å². The van der Waals surface area contributed by atoms with Gasteiger partial charge in [-0.25, -0.2) is 0 Å². The molecule has 0 aliphatic carbocycles. The molecule has 1 aliphatic heterocycles. The zero-order valence-electron chi connectivity index (χ0n) is 17.8. The summed E-state index contributed by atoms with van der Waals surface area (Å²) in [7, 11) is 0. The molecule has 2 heterocycles. The van der Waals surface area contributed by atoms with E-state index < -0.39 is 0 Å². The summed E-state index contributed by atoms with van der Waals surface area (Å²) in [5.74, 6) is 1.69. The molecule has 0 spiro atoms. The molecule has 1 amide bonds. The Labute approximate surface area is 190 Å². The molecule has 0 saturated carbocycles. The number of carbonyl (C=O) groups is 1. The summed E-state index contributed by atoms with van der Waals surface area (Å²) in [6.45, 7) is 7.16. The van der Waals surface area contributed by atoms with Crippen LogP contribution in [0.5, 0.6) is 0 Å². The molecule has 0 radical (unpaired) electrons. The first-order chi connectivity index (χ1) is 14.7. The summed E-state index contributed by atoms with van der Waals surface area (Å²) < 4.78 is 11.2. The number of benzene rings is 2. The Morgan fingerprint density at radius 1 is 0.968 bits per heavy atom. The Hall–Kier alpha value is -2.60. The molecule has 3 aromatic rings. The monoisotopic (exact) mass is 440 g/mol. The third kappa shape index (κ3) is 5.97. The minimum atomic E-state index is 0. The number of ether oxygens (including phenoxy) is 1. The van der Waals surface area contributed by atoms with E-state index in [1.807, 2.05) is 78.6 Å². The first-order valence-electron chi connectivity index (χ1n) is 10.5. The molecule has 0 bridgehead atoms. The van der Waals surface area contributed by atoms with Crippen molar-refractivity contribution in [3.05, 3.63) is 83.8 Å². The van der Waals surface area contributed by atoms with Crippen LogP contribution in [0.2, 0.25) is 0 Å². The Morgan fingerprint density at radius 2 is 1.68 bits per heavy atom. The maximum Gasteiger partial charge on any atom is 0.254 e. The Morgan fingerprint density at radius 3 is 2.39 bits per heavy atom. The van der Waals surface area contributed by atoms with Crippen LogP contribution in [0.15, 0.2) is 71.1 Å². The lowest BCUT2D eigenvalue weighted by Crippen LogP contribution is -2.43. The maximum absolute atomic E-state index is 13.7. The number of aryl methyl sites for hydroxylation is 1. The van der Waals surface area contributed by atoms with E-state index in [1.54, 1.807) is 0 Å². The third-order valence-electron chi connectivity index (χ3n) is 5.46. The van der Waals surface area contributed by atoms with Gasteiger partial charge in [-0.2, -0.15) is 0 Å². The lowest BCUT2D eigenvalue weighted by Gasteiger charge is -2.30. The first kappa shape index (κ1) is 23.1. The van der Waals surface area contributed by atoms with E-state index in [-0.39, 0.29) is 18.3 Å². The lowest BCUT2D eigenvalue weighted by molar-refractivity contribution is 0.0316. The Bertz CT molecular complexity index is 968. The lowest BCUT2D eigenvalue weighted by atomic mass is 9.99. The van der Waals surface area contributed by atoms with Crippen LogP contribution in [-0.2, 0) is 11.3 Å². The minimum Gasteiger partial charge on any atom is -0.464 e. The fourth-order valence-corrected chi connectivity index (χ4v) is 3.81. The molecule has 0 N–H and O–H groups in total. The molecule has 164 valence electrons. The van der Waals surface area contributed by atoms with Crippen molar-refractivity contribution in [2.24, 2.45) is 0 Å². The molecule has 31 heavy (non-hydrogen) atoms. The number of carbonyl (C=O) groups excluding carboxylic acids is 1. The van der Waals surface area contributed by atoms with Crippen LogP contribution < -0.4 is 0 Å². The summed E-state index contributed by atoms with van der Waals surface area (Å²) in [4.78, 5) is 17.9. The Kier molecular flexibility index (Phi) is 8.29. The van der Waals surface area contributed by atoms with E-state index >= 15 is 0 Å². The van der Waals surface area contributed by atoms with Gasteiger partial charge in [0.2, 0.25) is 0 Å². The predicted octanol–water partition coefficient (Wildman–Crippen LogP) is 4.65. The van der Waals surface area contributed by atoms with Crippen LogP contribution >= 0.6 is 12.4 Å².